The summed E-state index contributed by atoms with van der Waals surface area (Å²) in [6, 6.07) is 1.10. The van der Waals surface area contributed by atoms with E-state index in [1.165, 1.54) is 20.8 Å². The van der Waals surface area contributed by atoms with Crippen LogP contribution in [0.15, 0.2) is 33.5 Å². The van der Waals surface area contributed by atoms with Crippen molar-refractivity contribution in [3.05, 3.63) is 40.1 Å². The summed E-state index contributed by atoms with van der Waals surface area (Å²) in [5.41, 5.74) is 0.708. The van der Waals surface area contributed by atoms with E-state index in [0.717, 1.165) is 6.07 Å². The lowest BCUT2D eigenvalue weighted by Gasteiger charge is -2.21. The molecule has 0 aliphatic carbocycles. The molecule has 3 N–H and O–H groups in total. The fourth-order valence-electron chi connectivity index (χ4n) is 1.62. The minimum Gasteiger partial charge on any atom is -0.444 e. The van der Waals surface area contributed by atoms with Crippen molar-refractivity contribution in [1.82, 2.24) is 5.32 Å². The van der Waals surface area contributed by atoms with E-state index in [1.54, 1.807) is 0 Å². The number of carbonyl (C=O) groups is 1. The summed E-state index contributed by atoms with van der Waals surface area (Å²) in [6.07, 6.45) is -5.89. The predicted octanol–water partition coefficient (Wildman–Crippen LogP) is 4.69. The monoisotopic (exact) mass is 443 g/mol. The highest BCUT2D eigenvalue weighted by Gasteiger charge is 2.39. The van der Waals surface area contributed by atoms with E-state index >= 15 is 0 Å². The van der Waals surface area contributed by atoms with Gasteiger partial charge in [0.1, 0.15) is 17.1 Å². The average Bonchev–Trinajstić information content (AvgIpc) is 2.41. The maximum atomic E-state index is 13.8. The maximum Gasteiger partial charge on any atom is 0.435 e. The molecule has 0 heterocycles. The van der Waals surface area contributed by atoms with Crippen molar-refractivity contribution in [2.24, 2.45) is 10.7 Å². The number of halogens is 6. The molecule has 1 amide bonds. The van der Waals surface area contributed by atoms with Gasteiger partial charge in [-0.15, -0.1) is 0 Å². The summed E-state index contributed by atoms with van der Waals surface area (Å²) in [7, 11) is 0. The van der Waals surface area contributed by atoms with Crippen molar-refractivity contribution < 1.29 is 31.5 Å². The largest absolute Gasteiger partial charge is 0.444 e. The highest BCUT2D eigenvalue weighted by Crippen LogP contribution is 2.33. The molecule has 11 heteroatoms. The molecular weight excluding hydrogens is 429 g/mol. The molecule has 0 aromatic heterocycles. The van der Waals surface area contributed by atoms with Crippen LogP contribution in [0.5, 0.6) is 0 Å². The van der Waals surface area contributed by atoms with Gasteiger partial charge in [-0.3, -0.25) is 5.32 Å². The fraction of sp³-hybridized carbons (Fsp3) is 0.333. The van der Waals surface area contributed by atoms with E-state index in [0.29, 0.717) is 12.3 Å². The van der Waals surface area contributed by atoms with Crippen LogP contribution in [0.3, 0.4) is 0 Å². The zero-order valence-corrected chi connectivity index (χ0v) is 15.4. The molecule has 1 aromatic carbocycles. The molecule has 0 aliphatic rings. The Hall–Kier alpha value is -2.17. The number of amides is 1. The minimum atomic E-state index is -5.11. The number of aliphatic imine (C=N–C) groups is 1. The number of allylic oxidation sites excluding steroid dienone is 1. The first-order valence-corrected chi connectivity index (χ1v) is 7.76. The van der Waals surface area contributed by atoms with Gasteiger partial charge in [0.2, 0.25) is 0 Å². The van der Waals surface area contributed by atoms with E-state index in [1.807, 2.05) is 5.32 Å². The van der Waals surface area contributed by atoms with E-state index in [2.05, 4.69) is 20.9 Å². The van der Waals surface area contributed by atoms with E-state index < -0.39 is 46.6 Å². The molecule has 0 bridgehead atoms. The Morgan fingerprint density at radius 3 is 2.27 bits per heavy atom. The van der Waals surface area contributed by atoms with Crippen molar-refractivity contribution in [1.29, 1.82) is 0 Å². The number of hydrogen-bond acceptors (Lipinski definition) is 4. The lowest BCUT2D eigenvalue weighted by molar-refractivity contribution is -0.0584. The number of alkyl halides is 3. The topological polar surface area (TPSA) is 76.7 Å². The summed E-state index contributed by atoms with van der Waals surface area (Å²) in [5.74, 6) is -2.35. The van der Waals surface area contributed by atoms with Crippen LogP contribution in [0.2, 0.25) is 0 Å². The summed E-state index contributed by atoms with van der Waals surface area (Å²) in [4.78, 5) is 14.9. The van der Waals surface area contributed by atoms with Gasteiger partial charge in [0.25, 0.3) is 0 Å². The minimum absolute atomic E-state index is 0.356. The molecule has 5 nitrogen and oxygen atoms in total. The first-order valence-electron chi connectivity index (χ1n) is 6.97. The van der Waals surface area contributed by atoms with Gasteiger partial charge in [-0.05, 0) is 42.8 Å². The highest BCUT2D eigenvalue weighted by molar-refractivity contribution is 9.10. The van der Waals surface area contributed by atoms with Gasteiger partial charge in [0, 0.05) is 16.7 Å². The Bertz CT molecular complexity index is 732. The number of carbonyl (C=O) groups excluding carboxylic acids is 1. The summed E-state index contributed by atoms with van der Waals surface area (Å²) >= 11 is 2.74. The molecule has 0 saturated carbocycles. The van der Waals surface area contributed by atoms with Crippen LogP contribution in [-0.4, -0.2) is 23.6 Å². The highest BCUT2D eigenvalue weighted by atomic mass is 79.9. The third kappa shape index (κ3) is 6.28. The van der Waals surface area contributed by atoms with Gasteiger partial charge in [-0.2, -0.15) is 13.2 Å². The Kier molecular flexibility index (Phi) is 6.75. The standard InChI is InChI=1S/C15H15BrF5N3O2/c1-14(2,3)26-13(25)23-10(6-22)12(15(19,20)21)24-11-8(16)4-7(17)5-9(11)18/h4-6H,22H2,1-3H3,(H,23,25). The molecule has 26 heavy (non-hydrogen) atoms. The van der Waals surface area contributed by atoms with Crippen LogP contribution < -0.4 is 11.1 Å². The second-order valence-electron chi connectivity index (χ2n) is 5.88. The number of alkyl carbamates (subject to hydrolysis) is 1. The molecule has 144 valence electrons. The van der Waals surface area contributed by atoms with Gasteiger partial charge < -0.3 is 10.5 Å². The summed E-state index contributed by atoms with van der Waals surface area (Å²) in [6.45, 7) is 4.51. The lowest BCUT2D eigenvalue weighted by atomic mass is 10.2. The Morgan fingerprint density at radius 2 is 1.85 bits per heavy atom. The number of rotatable bonds is 3. The van der Waals surface area contributed by atoms with E-state index in [-0.39, 0.29) is 4.47 Å². The normalized spacial score (nSPS) is 13.6. The van der Waals surface area contributed by atoms with Crippen LogP contribution in [-0.2, 0) is 4.74 Å². The first kappa shape index (κ1) is 21.9. The van der Waals surface area contributed by atoms with Crippen LogP contribution in [0.4, 0.5) is 32.4 Å². The van der Waals surface area contributed by atoms with Crippen LogP contribution in [0.1, 0.15) is 20.8 Å². The number of benzene rings is 1. The molecule has 0 atom stereocenters. The number of hydrogen-bond donors (Lipinski definition) is 2. The van der Waals surface area contributed by atoms with Crippen LogP contribution in [0, 0.1) is 11.6 Å². The smallest absolute Gasteiger partial charge is 0.435 e. The average molecular weight is 444 g/mol. The molecule has 0 spiro atoms. The van der Waals surface area contributed by atoms with Crippen LogP contribution >= 0.6 is 15.9 Å². The first-order chi connectivity index (χ1) is 11.7. The van der Waals surface area contributed by atoms with Gasteiger partial charge >= 0.3 is 12.3 Å². The third-order valence-electron chi connectivity index (χ3n) is 2.53. The maximum absolute atomic E-state index is 13.8. The SMILES string of the molecule is CC(C)(C)OC(=O)NC(=CN)C(=Nc1c(F)cc(F)cc1Br)C(F)(F)F. The van der Waals surface area contributed by atoms with Gasteiger partial charge in [-0.1, -0.05) is 0 Å². The van der Waals surface area contributed by atoms with Crippen molar-refractivity contribution >= 4 is 33.4 Å². The fourth-order valence-corrected chi connectivity index (χ4v) is 2.12. The van der Waals surface area contributed by atoms with Crippen LogP contribution in [0.25, 0.3) is 0 Å². The molecule has 0 saturated heterocycles. The second-order valence-corrected chi connectivity index (χ2v) is 6.74. The second kappa shape index (κ2) is 8.02. The van der Waals surface area contributed by atoms with Gasteiger partial charge in [0.15, 0.2) is 11.5 Å². The van der Waals surface area contributed by atoms with Crippen molar-refractivity contribution in [2.45, 2.75) is 32.5 Å². The zero-order chi connectivity index (χ0) is 20.3. The third-order valence-corrected chi connectivity index (χ3v) is 3.14. The molecule has 1 aromatic rings. The van der Waals surface area contributed by atoms with Crippen molar-refractivity contribution in [3.8, 4) is 0 Å². The predicted molar refractivity (Wildman–Crippen MR) is 88.8 cm³/mol. The van der Waals surface area contributed by atoms with E-state index in [4.69, 9.17) is 10.5 Å². The molecule has 0 aliphatic heterocycles. The molecule has 0 unspecified atom stereocenters. The Balaban J connectivity index is 3.36. The summed E-state index contributed by atoms with van der Waals surface area (Å²) in [5, 5.41) is 1.81. The van der Waals surface area contributed by atoms with Gasteiger partial charge in [0.05, 0.1) is 5.70 Å². The molecular formula is C15H15BrF5N3O2. The lowest BCUT2D eigenvalue weighted by Crippen LogP contribution is -2.38. The number of nitrogens with zero attached hydrogens (tertiary/aromatic N) is 1. The van der Waals surface area contributed by atoms with E-state index in [9.17, 15) is 26.7 Å². The Morgan fingerprint density at radius 1 is 1.27 bits per heavy atom. The van der Waals surface area contributed by atoms with Crippen molar-refractivity contribution in [3.63, 3.8) is 0 Å². The number of ether oxygens (including phenoxy) is 1. The quantitative estimate of drug-likeness (QED) is 0.525. The van der Waals surface area contributed by atoms with Crippen molar-refractivity contribution in [2.75, 3.05) is 0 Å². The zero-order valence-electron chi connectivity index (χ0n) is 13.8. The number of nitrogens with one attached hydrogen (secondary N) is 1. The molecule has 1 rings (SSSR count). The number of nitrogens with two attached hydrogens (primary N) is 1. The molecule has 0 fully saturated rings. The summed E-state index contributed by atoms with van der Waals surface area (Å²) < 4.78 is 71.4. The van der Waals surface area contributed by atoms with Gasteiger partial charge in [-0.25, -0.2) is 18.6 Å². The Labute approximate surface area is 154 Å². The molecule has 0 radical (unpaired) electrons.